The van der Waals surface area contributed by atoms with E-state index >= 15 is 0 Å². The highest BCUT2D eigenvalue weighted by atomic mass is 35.5. The molecule has 35 heavy (non-hydrogen) atoms. The monoisotopic (exact) mass is 490 g/mol. The Bertz CT molecular complexity index is 1460. The van der Waals surface area contributed by atoms with Crippen molar-refractivity contribution < 1.29 is 14.3 Å². The minimum Gasteiger partial charge on any atom is -0.489 e. The van der Waals surface area contributed by atoms with E-state index in [0.717, 1.165) is 11.1 Å². The Morgan fingerprint density at radius 2 is 1.71 bits per heavy atom. The molecule has 0 fully saturated rings. The molecule has 2 amide bonds. The second-order valence-electron chi connectivity index (χ2n) is 8.00. The van der Waals surface area contributed by atoms with E-state index < -0.39 is 11.8 Å². The third-order valence-electron chi connectivity index (χ3n) is 5.43. The van der Waals surface area contributed by atoms with Gasteiger partial charge in [0.2, 0.25) is 5.91 Å². The number of rotatable bonds is 6. The molecular weight excluding hydrogens is 468 g/mol. The highest BCUT2D eigenvalue weighted by Crippen LogP contribution is 2.22. The largest absolute Gasteiger partial charge is 0.489 e. The summed E-state index contributed by atoms with van der Waals surface area (Å²) in [5.41, 5.74) is 7.19. The van der Waals surface area contributed by atoms with E-state index in [1.165, 1.54) is 11.7 Å². The van der Waals surface area contributed by atoms with Crippen LogP contribution in [0.3, 0.4) is 0 Å². The number of ether oxygens (including phenoxy) is 1. The minimum atomic E-state index is -0.461. The minimum absolute atomic E-state index is 0.102. The second kappa shape index (κ2) is 10.4. The summed E-state index contributed by atoms with van der Waals surface area (Å²) in [6.45, 7) is 2.24. The van der Waals surface area contributed by atoms with Gasteiger partial charge in [-0.3, -0.25) is 25.2 Å². The summed E-state index contributed by atoms with van der Waals surface area (Å²) in [5.74, 6) is -0.215. The molecule has 0 unspecified atom stereocenters. The van der Waals surface area contributed by atoms with Crippen LogP contribution in [-0.4, -0.2) is 21.6 Å². The van der Waals surface area contributed by atoms with E-state index in [0.29, 0.717) is 39.4 Å². The van der Waals surface area contributed by atoms with Gasteiger partial charge in [-0.2, -0.15) is 5.10 Å². The predicted molar refractivity (Wildman–Crippen MR) is 133 cm³/mol. The average molecular weight is 491 g/mol. The molecule has 9 heteroatoms. The molecule has 2 N–H and O–H groups in total. The van der Waals surface area contributed by atoms with Crippen molar-refractivity contribution in [3.05, 3.63) is 104 Å². The Morgan fingerprint density at radius 1 is 1.00 bits per heavy atom. The van der Waals surface area contributed by atoms with Gasteiger partial charge in [0.05, 0.1) is 17.5 Å². The molecule has 0 saturated heterocycles. The zero-order valence-electron chi connectivity index (χ0n) is 19.2. The van der Waals surface area contributed by atoms with Gasteiger partial charge in [-0.15, -0.1) is 0 Å². The van der Waals surface area contributed by atoms with E-state index in [4.69, 9.17) is 16.3 Å². The van der Waals surface area contributed by atoms with E-state index in [1.54, 1.807) is 60.7 Å². The van der Waals surface area contributed by atoms with Crippen LogP contribution >= 0.6 is 11.6 Å². The summed E-state index contributed by atoms with van der Waals surface area (Å²) < 4.78 is 6.96. The van der Waals surface area contributed by atoms with Crippen LogP contribution in [0.5, 0.6) is 5.75 Å². The SMILES string of the molecule is Cc1cc(OCc2ccc(C(=O)NNC(=O)Cc3nn(C)c(=O)c4ccccc34)cc2)ccc1Cl. The molecule has 0 atom stereocenters. The number of hydrogen-bond acceptors (Lipinski definition) is 5. The summed E-state index contributed by atoms with van der Waals surface area (Å²) in [5, 5.41) is 5.96. The zero-order valence-corrected chi connectivity index (χ0v) is 19.9. The third-order valence-corrected chi connectivity index (χ3v) is 5.85. The summed E-state index contributed by atoms with van der Waals surface area (Å²) in [6.07, 6.45) is -0.102. The molecular formula is C26H23ClN4O4. The molecule has 0 aliphatic rings. The number of carbonyl (C=O) groups is 2. The van der Waals surface area contributed by atoms with Gasteiger partial charge in [-0.05, 0) is 54.4 Å². The lowest BCUT2D eigenvalue weighted by atomic mass is 10.1. The lowest BCUT2D eigenvalue weighted by Crippen LogP contribution is -2.42. The maximum atomic E-state index is 12.4. The third kappa shape index (κ3) is 5.67. The highest BCUT2D eigenvalue weighted by Gasteiger charge is 2.13. The Hall–Kier alpha value is -4.17. The fourth-order valence-electron chi connectivity index (χ4n) is 3.53. The van der Waals surface area contributed by atoms with E-state index in [2.05, 4.69) is 16.0 Å². The predicted octanol–water partition coefficient (Wildman–Crippen LogP) is 3.48. The van der Waals surface area contributed by atoms with Crippen molar-refractivity contribution in [2.24, 2.45) is 7.05 Å². The molecule has 8 nitrogen and oxygen atoms in total. The molecule has 0 bridgehead atoms. The van der Waals surface area contributed by atoms with Crippen LogP contribution in [0, 0.1) is 6.92 Å². The summed E-state index contributed by atoms with van der Waals surface area (Å²) in [6, 6.07) is 19.3. The molecule has 4 aromatic rings. The maximum absolute atomic E-state index is 12.4. The molecule has 178 valence electrons. The van der Waals surface area contributed by atoms with Crippen molar-refractivity contribution in [3.8, 4) is 5.75 Å². The van der Waals surface area contributed by atoms with Crippen molar-refractivity contribution in [3.63, 3.8) is 0 Å². The Balaban J connectivity index is 1.33. The van der Waals surface area contributed by atoms with Crippen molar-refractivity contribution in [2.75, 3.05) is 0 Å². The van der Waals surface area contributed by atoms with E-state index in [9.17, 15) is 14.4 Å². The molecule has 1 aromatic heterocycles. The van der Waals surface area contributed by atoms with Crippen LogP contribution in [0.2, 0.25) is 5.02 Å². The van der Waals surface area contributed by atoms with Crippen LogP contribution in [0.15, 0.2) is 71.5 Å². The van der Waals surface area contributed by atoms with Crippen molar-refractivity contribution in [1.82, 2.24) is 20.6 Å². The van der Waals surface area contributed by atoms with Crippen LogP contribution in [-0.2, 0) is 24.9 Å². The van der Waals surface area contributed by atoms with Crippen LogP contribution < -0.4 is 21.1 Å². The van der Waals surface area contributed by atoms with Crippen molar-refractivity contribution in [1.29, 1.82) is 0 Å². The van der Waals surface area contributed by atoms with Gasteiger partial charge in [0.1, 0.15) is 12.4 Å². The lowest BCUT2D eigenvalue weighted by Gasteiger charge is -2.10. The Labute approximate surface area is 206 Å². The van der Waals surface area contributed by atoms with Gasteiger partial charge in [0.25, 0.3) is 11.5 Å². The Kier molecular flexibility index (Phi) is 7.12. The summed E-state index contributed by atoms with van der Waals surface area (Å²) in [7, 11) is 1.53. The maximum Gasteiger partial charge on any atom is 0.274 e. The summed E-state index contributed by atoms with van der Waals surface area (Å²) in [4.78, 5) is 37.1. The van der Waals surface area contributed by atoms with Gasteiger partial charge < -0.3 is 4.74 Å². The van der Waals surface area contributed by atoms with Gasteiger partial charge in [0.15, 0.2) is 0 Å². The number of halogens is 1. The molecule has 3 aromatic carbocycles. The van der Waals surface area contributed by atoms with Crippen LogP contribution in [0.4, 0.5) is 0 Å². The van der Waals surface area contributed by atoms with Gasteiger partial charge in [0, 0.05) is 23.0 Å². The number of hydrogen-bond donors (Lipinski definition) is 2. The average Bonchev–Trinajstić information content (AvgIpc) is 2.86. The zero-order chi connectivity index (χ0) is 24.9. The number of carbonyl (C=O) groups excluding carboxylic acids is 2. The van der Waals surface area contributed by atoms with Crippen LogP contribution in [0.1, 0.15) is 27.2 Å². The first-order valence-electron chi connectivity index (χ1n) is 10.8. The number of nitrogens with zero attached hydrogens (tertiary/aromatic N) is 2. The van der Waals surface area contributed by atoms with E-state index in [1.807, 2.05) is 13.0 Å². The van der Waals surface area contributed by atoms with Gasteiger partial charge in [-0.25, -0.2) is 4.68 Å². The van der Waals surface area contributed by atoms with Crippen molar-refractivity contribution >= 4 is 34.2 Å². The second-order valence-corrected chi connectivity index (χ2v) is 8.40. The molecule has 1 heterocycles. The molecule has 0 radical (unpaired) electrons. The first-order valence-corrected chi connectivity index (χ1v) is 11.2. The first kappa shape index (κ1) is 24.0. The number of amides is 2. The number of nitrogens with one attached hydrogen (secondary N) is 2. The summed E-state index contributed by atoms with van der Waals surface area (Å²) >= 11 is 6.03. The van der Waals surface area contributed by atoms with E-state index in [-0.39, 0.29) is 12.0 Å². The fourth-order valence-corrected chi connectivity index (χ4v) is 3.64. The topological polar surface area (TPSA) is 102 Å². The molecule has 0 saturated carbocycles. The smallest absolute Gasteiger partial charge is 0.274 e. The number of benzene rings is 3. The van der Waals surface area contributed by atoms with Crippen molar-refractivity contribution in [2.45, 2.75) is 20.0 Å². The Morgan fingerprint density at radius 3 is 2.43 bits per heavy atom. The number of aryl methyl sites for hydroxylation is 2. The van der Waals surface area contributed by atoms with Gasteiger partial charge >= 0.3 is 0 Å². The standard InChI is InChI=1S/C26H23ClN4O4/c1-16-13-19(11-12-22(16)27)35-15-17-7-9-18(10-8-17)25(33)29-28-24(32)14-23-20-5-3-4-6-21(20)26(34)31(2)30-23/h3-13H,14-15H2,1-2H3,(H,28,32)(H,29,33). The number of hydrazine groups is 1. The molecule has 4 rings (SSSR count). The quantitative estimate of drug-likeness (QED) is 0.403. The highest BCUT2D eigenvalue weighted by molar-refractivity contribution is 6.31. The molecule has 0 aliphatic heterocycles. The van der Waals surface area contributed by atoms with Gasteiger partial charge in [-0.1, -0.05) is 41.9 Å². The number of aromatic nitrogens is 2. The molecule has 0 aliphatic carbocycles. The van der Waals surface area contributed by atoms with Crippen LogP contribution in [0.25, 0.3) is 10.8 Å². The lowest BCUT2D eigenvalue weighted by molar-refractivity contribution is -0.121. The number of fused-ring (bicyclic) bond motifs is 1. The first-order chi connectivity index (χ1) is 16.8. The molecule has 0 spiro atoms. The normalized spacial score (nSPS) is 10.7. The fraction of sp³-hybridized carbons (Fsp3) is 0.154.